The van der Waals surface area contributed by atoms with Crippen LogP contribution in [0.5, 0.6) is 0 Å². The fraction of sp³-hybridized carbons (Fsp3) is 0.222. The number of nitrogens with two attached hydrogens (primary N) is 1. The molecule has 0 heterocycles. The van der Waals surface area contributed by atoms with Gasteiger partial charge in [-0.05, 0) is 35.3 Å². The van der Waals surface area contributed by atoms with Crippen molar-refractivity contribution in [1.82, 2.24) is 5.43 Å². The topological polar surface area (TPSA) is 50.4 Å². The largest absolute Gasteiger partial charge is 0.375 e. The quantitative estimate of drug-likeness (QED) is 0.499. The van der Waals surface area contributed by atoms with Gasteiger partial charge in [-0.3, -0.25) is 5.43 Å². The van der Waals surface area contributed by atoms with E-state index in [1.165, 1.54) is 11.1 Å². The van der Waals surface area contributed by atoms with Gasteiger partial charge in [-0.25, -0.2) is 0 Å². The number of thiocarbonyl (C=S) groups is 1. The number of nitrogens with zero attached hydrogens (tertiary/aromatic N) is 1. The molecule has 0 aliphatic heterocycles. The van der Waals surface area contributed by atoms with Crippen LogP contribution in [0.4, 0.5) is 0 Å². The number of hydrogen-bond acceptors (Lipinski definition) is 2. The maximum Gasteiger partial charge on any atom is 0.184 e. The van der Waals surface area contributed by atoms with E-state index in [-0.39, 0.29) is 5.11 Å². The normalized spacial score (nSPS) is 12.7. The first-order valence-electron chi connectivity index (χ1n) is 7.40. The molecule has 0 amide bonds. The van der Waals surface area contributed by atoms with Crippen molar-refractivity contribution in [2.24, 2.45) is 16.8 Å². The molecule has 0 aliphatic carbocycles. The minimum Gasteiger partial charge on any atom is -0.375 e. The first-order chi connectivity index (χ1) is 10.6. The third kappa shape index (κ3) is 4.15. The lowest BCUT2D eigenvalue weighted by Crippen LogP contribution is -2.27. The zero-order chi connectivity index (χ0) is 15.9. The molecule has 1 atom stereocenters. The van der Waals surface area contributed by atoms with E-state index in [4.69, 9.17) is 18.0 Å². The monoisotopic (exact) mass is 311 g/mol. The van der Waals surface area contributed by atoms with E-state index < -0.39 is 0 Å². The maximum absolute atomic E-state index is 5.47. The highest BCUT2D eigenvalue weighted by Crippen LogP contribution is 2.21. The van der Waals surface area contributed by atoms with Crippen molar-refractivity contribution >= 4 is 23.0 Å². The predicted molar refractivity (Wildman–Crippen MR) is 97.8 cm³/mol. The number of hydrogen-bond donors (Lipinski definition) is 2. The molecule has 3 nitrogen and oxygen atoms in total. The number of nitrogens with one attached hydrogen (secondary N) is 1. The molecule has 3 N–H and O–H groups in total. The van der Waals surface area contributed by atoms with Gasteiger partial charge in [0.1, 0.15) is 0 Å². The second kappa shape index (κ2) is 7.71. The summed E-state index contributed by atoms with van der Waals surface area (Å²) in [5.41, 5.74) is 12.6. The first kappa shape index (κ1) is 16.2. The summed E-state index contributed by atoms with van der Waals surface area (Å²) in [6.45, 7) is 4.28. The van der Waals surface area contributed by atoms with Crippen LogP contribution < -0.4 is 11.2 Å². The van der Waals surface area contributed by atoms with Gasteiger partial charge < -0.3 is 5.73 Å². The second-order valence-corrected chi connectivity index (χ2v) is 5.67. The molecule has 2 aromatic carbocycles. The summed E-state index contributed by atoms with van der Waals surface area (Å²) in [4.78, 5) is 0. The van der Waals surface area contributed by atoms with Gasteiger partial charge in [0.25, 0.3) is 0 Å². The Morgan fingerprint density at radius 1 is 1.09 bits per heavy atom. The zero-order valence-corrected chi connectivity index (χ0v) is 13.7. The van der Waals surface area contributed by atoms with E-state index >= 15 is 0 Å². The molecule has 0 aromatic heterocycles. The Labute approximate surface area is 137 Å². The zero-order valence-electron chi connectivity index (χ0n) is 12.9. The van der Waals surface area contributed by atoms with Crippen molar-refractivity contribution in [3.63, 3.8) is 0 Å². The van der Waals surface area contributed by atoms with Crippen molar-refractivity contribution in [1.29, 1.82) is 0 Å². The fourth-order valence-electron chi connectivity index (χ4n) is 2.23. The molecule has 0 bridgehead atoms. The molecule has 0 saturated carbocycles. The van der Waals surface area contributed by atoms with Gasteiger partial charge in [0, 0.05) is 5.92 Å². The van der Waals surface area contributed by atoms with Crippen LogP contribution in [0.1, 0.15) is 25.8 Å². The summed E-state index contributed by atoms with van der Waals surface area (Å²) in [6.07, 6.45) is 0.998. The average Bonchev–Trinajstić information content (AvgIpc) is 2.56. The highest BCUT2D eigenvalue weighted by Gasteiger charge is 2.12. The van der Waals surface area contributed by atoms with E-state index in [0.717, 1.165) is 17.7 Å². The van der Waals surface area contributed by atoms with E-state index in [9.17, 15) is 0 Å². The van der Waals surface area contributed by atoms with Crippen LogP contribution in [0.2, 0.25) is 0 Å². The van der Waals surface area contributed by atoms with Gasteiger partial charge in [0.2, 0.25) is 0 Å². The summed E-state index contributed by atoms with van der Waals surface area (Å²) in [5.74, 6) is 0.324. The number of benzene rings is 2. The Balaban J connectivity index is 2.29. The van der Waals surface area contributed by atoms with Gasteiger partial charge in [-0.1, -0.05) is 68.4 Å². The van der Waals surface area contributed by atoms with Gasteiger partial charge in [-0.15, -0.1) is 0 Å². The highest BCUT2D eigenvalue weighted by molar-refractivity contribution is 7.80. The van der Waals surface area contributed by atoms with Crippen molar-refractivity contribution in [2.45, 2.75) is 20.3 Å². The Bertz CT molecular complexity index is 648. The smallest absolute Gasteiger partial charge is 0.184 e. The molecule has 4 heteroatoms. The Kier molecular flexibility index (Phi) is 5.67. The molecule has 0 fully saturated rings. The lowest BCUT2D eigenvalue weighted by Gasteiger charge is -2.14. The first-order valence-corrected chi connectivity index (χ1v) is 7.81. The molecular weight excluding hydrogens is 290 g/mol. The molecule has 0 aliphatic rings. The lowest BCUT2D eigenvalue weighted by atomic mass is 9.94. The molecule has 0 saturated heterocycles. The highest BCUT2D eigenvalue weighted by atomic mass is 32.1. The van der Waals surface area contributed by atoms with Crippen LogP contribution in [0, 0.1) is 5.92 Å². The third-order valence-corrected chi connectivity index (χ3v) is 3.74. The lowest BCUT2D eigenvalue weighted by molar-refractivity contribution is 0.732. The standard InChI is InChI=1S/C18H21N3S/c1-3-13(2)17(20-21-18(19)22)16-11-9-15(10-12-16)14-7-5-4-6-8-14/h4-13H,3H2,1-2H3,(H3,19,21,22). The summed E-state index contributed by atoms with van der Waals surface area (Å²) >= 11 is 4.83. The average molecular weight is 311 g/mol. The maximum atomic E-state index is 5.47. The molecular formula is C18H21N3S. The van der Waals surface area contributed by atoms with Crippen molar-refractivity contribution < 1.29 is 0 Å². The van der Waals surface area contributed by atoms with Crippen molar-refractivity contribution in [3.05, 3.63) is 60.2 Å². The summed E-state index contributed by atoms with van der Waals surface area (Å²) in [7, 11) is 0. The van der Waals surface area contributed by atoms with Crippen LogP contribution >= 0.6 is 12.2 Å². The molecule has 22 heavy (non-hydrogen) atoms. The Hall–Kier alpha value is -2.20. The van der Waals surface area contributed by atoms with Gasteiger partial charge >= 0.3 is 0 Å². The minimum absolute atomic E-state index is 0.182. The SMILES string of the molecule is CCC(C)C(=NNC(N)=S)c1ccc(-c2ccccc2)cc1. The van der Waals surface area contributed by atoms with Crippen LogP contribution in [0.15, 0.2) is 59.7 Å². The van der Waals surface area contributed by atoms with E-state index in [1.807, 2.05) is 18.2 Å². The summed E-state index contributed by atoms with van der Waals surface area (Å²) in [5, 5.41) is 4.55. The van der Waals surface area contributed by atoms with Crippen LogP contribution in [0.3, 0.4) is 0 Å². The molecule has 2 aromatic rings. The Morgan fingerprint density at radius 3 is 2.23 bits per heavy atom. The van der Waals surface area contributed by atoms with Crippen molar-refractivity contribution in [3.8, 4) is 11.1 Å². The van der Waals surface area contributed by atoms with Gasteiger partial charge in [-0.2, -0.15) is 5.10 Å². The van der Waals surface area contributed by atoms with Crippen molar-refractivity contribution in [2.75, 3.05) is 0 Å². The molecule has 2 rings (SSSR count). The van der Waals surface area contributed by atoms with Gasteiger partial charge in [0.15, 0.2) is 5.11 Å². The van der Waals surface area contributed by atoms with E-state index in [1.54, 1.807) is 0 Å². The summed E-state index contributed by atoms with van der Waals surface area (Å²) in [6, 6.07) is 18.7. The Morgan fingerprint density at radius 2 is 1.68 bits per heavy atom. The van der Waals surface area contributed by atoms with Crippen LogP contribution in [-0.2, 0) is 0 Å². The molecule has 0 radical (unpaired) electrons. The molecule has 1 unspecified atom stereocenters. The predicted octanol–water partition coefficient (Wildman–Crippen LogP) is 3.94. The van der Waals surface area contributed by atoms with Crippen LogP contribution in [-0.4, -0.2) is 10.8 Å². The van der Waals surface area contributed by atoms with E-state index in [2.05, 4.69) is 60.8 Å². The van der Waals surface area contributed by atoms with Crippen LogP contribution in [0.25, 0.3) is 11.1 Å². The molecule has 0 spiro atoms. The fourth-order valence-corrected chi connectivity index (χ4v) is 2.28. The third-order valence-electron chi connectivity index (χ3n) is 3.65. The van der Waals surface area contributed by atoms with Gasteiger partial charge in [0.05, 0.1) is 5.71 Å². The second-order valence-electron chi connectivity index (χ2n) is 5.23. The number of rotatable bonds is 5. The molecule has 114 valence electrons. The minimum atomic E-state index is 0.182. The number of hydrazone groups is 1. The summed E-state index contributed by atoms with van der Waals surface area (Å²) < 4.78 is 0. The van der Waals surface area contributed by atoms with E-state index in [0.29, 0.717) is 5.92 Å².